The maximum Gasteiger partial charge on any atom is 0.147 e. The van der Waals surface area contributed by atoms with Crippen molar-refractivity contribution in [2.45, 2.75) is 32.6 Å². The fourth-order valence-electron chi connectivity index (χ4n) is 2.64. The highest BCUT2D eigenvalue weighted by atomic mass is 32.1. The third kappa shape index (κ3) is 3.08. The molecule has 3 heterocycles. The molecular weight excluding hydrogens is 270 g/mol. The molecule has 0 amide bonds. The van der Waals surface area contributed by atoms with E-state index < -0.39 is 0 Å². The van der Waals surface area contributed by atoms with Gasteiger partial charge in [-0.1, -0.05) is 6.07 Å². The van der Waals surface area contributed by atoms with E-state index in [-0.39, 0.29) is 0 Å². The Hall–Kier alpha value is -1.24. The smallest absolute Gasteiger partial charge is 0.147 e. The summed E-state index contributed by atoms with van der Waals surface area (Å²) in [5, 5.41) is 10.9. The third-order valence-corrected chi connectivity index (χ3v) is 4.40. The van der Waals surface area contributed by atoms with Gasteiger partial charge in [0, 0.05) is 24.5 Å². The molecule has 0 saturated heterocycles. The lowest BCUT2D eigenvalue weighted by Crippen LogP contribution is -2.22. The van der Waals surface area contributed by atoms with Gasteiger partial charge in [-0.2, -0.15) is 0 Å². The number of hydrogen-bond acceptors (Lipinski definition) is 5. The number of aromatic nitrogens is 3. The SMILES string of the molecule is CN(C)Cc1nnc2n1CCCN(Cc1cccs1)C2. The molecule has 0 radical (unpaired) electrons. The highest BCUT2D eigenvalue weighted by Gasteiger charge is 2.19. The average Bonchev–Trinajstić information content (AvgIpc) is 2.97. The minimum absolute atomic E-state index is 0.859. The van der Waals surface area contributed by atoms with Gasteiger partial charge in [-0.3, -0.25) is 4.90 Å². The van der Waals surface area contributed by atoms with Crippen LogP contribution in [0.2, 0.25) is 0 Å². The largest absolute Gasteiger partial charge is 0.313 e. The molecule has 0 bridgehead atoms. The molecule has 5 nitrogen and oxygen atoms in total. The maximum atomic E-state index is 4.40. The summed E-state index contributed by atoms with van der Waals surface area (Å²) in [6.45, 7) is 4.94. The van der Waals surface area contributed by atoms with Crippen LogP contribution in [-0.4, -0.2) is 45.2 Å². The first kappa shape index (κ1) is 13.7. The Balaban J connectivity index is 1.73. The zero-order chi connectivity index (χ0) is 13.9. The Labute approximate surface area is 123 Å². The second-order valence-electron chi connectivity index (χ2n) is 5.57. The lowest BCUT2D eigenvalue weighted by Gasteiger charge is -2.17. The summed E-state index contributed by atoms with van der Waals surface area (Å²) < 4.78 is 2.30. The molecule has 0 spiro atoms. The molecule has 20 heavy (non-hydrogen) atoms. The summed E-state index contributed by atoms with van der Waals surface area (Å²) in [5.41, 5.74) is 0. The van der Waals surface area contributed by atoms with Crippen molar-refractivity contribution < 1.29 is 0 Å². The van der Waals surface area contributed by atoms with Crippen LogP contribution < -0.4 is 0 Å². The van der Waals surface area contributed by atoms with Crippen molar-refractivity contribution in [1.82, 2.24) is 24.6 Å². The minimum Gasteiger partial charge on any atom is -0.313 e. The molecule has 0 atom stereocenters. The van der Waals surface area contributed by atoms with Gasteiger partial charge in [-0.15, -0.1) is 21.5 Å². The first-order chi connectivity index (χ1) is 9.72. The van der Waals surface area contributed by atoms with Gasteiger partial charge >= 0.3 is 0 Å². The maximum absolute atomic E-state index is 4.40. The molecule has 0 saturated carbocycles. The Morgan fingerprint density at radius 2 is 2.20 bits per heavy atom. The molecule has 3 rings (SSSR count). The summed E-state index contributed by atoms with van der Waals surface area (Å²) in [6, 6.07) is 4.33. The minimum atomic E-state index is 0.859. The summed E-state index contributed by atoms with van der Waals surface area (Å²) in [6.07, 6.45) is 1.16. The lowest BCUT2D eigenvalue weighted by molar-refractivity contribution is 0.260. The fraction of sp³-hybridized carbons (Fsp3) is 0.571. The van der Waals surface area contributed by atoms with E-state index in [9.17, 15) is 0 Å². The first-order valence-corrected chi connectivity index (χ1v) is 7.91. The molecule has 108 valence electrons. The number of hydrogen-bond donors (Lipinski definition) is 0. The van der Waals surface area contributed by atoms with Crippen molar-refractivity contribution in [3.05, 3.63) is 34.0 Å². The molecule has 0 unspecified atom stereocenters. The number of rotatable bonds is 4. The number of fused-ring (bicyclic) bond motifs is 1. The van der Waals surface area contributed by atoms with Crippen molar-refractivity contribution in [2.24, 2.45) is 0 Å². The summed E-state index contributed by atoms with van der Waals surface area (Å²) >= 11 is 1.83. The van der Waals surface area contributed by atoms with E-state index in [0.29, 0.717) is 0 Å². The highest BCUT2D eigenvalue weighted by molar-refractivity contribution is 7.09. The quantitative estimate of drug-likeness (QED) is 0.861. The number of thiophene rings is 1. The molecule has 0 aromatic carbocycles. The van der Waals surface area contributed by atoms with Gasteiger partial charge in [-0.25, -0.2) is 0 Å². The van der Waals surface area contributed by atoms with Crippen LogP contribution in [0.4, 0.5) is 0 Å². The van der Waals surface area contributed by atoms with E-state index in [0.717, 1.165) is 50.8 Å². The van der Waals surface area contributed by atoms with Crippen LogP contribution in [0.1, 0.15) is 22.9 Å². The van der Waals surface area contributed by atoms with E-state index in [1.807, 2.05) is 11.3 Å². The average molecular weight is 291 g/mol. The first-order valence-electron chi connectivity index (χ1n) is 7.03. The Morgan fingerprint density at radius 3 is 2.95 bits per heavy atom. The van der Waals surface area contributed by atoms with Crippen LogP contribution in [0.3, 0.4) is 0 Å². The summed E-state index contributed by atoms with van der Waals surface area (Å²) in [7, 11) is 4.14. The second kappa shape index (κ2) is 6.03. The van der Waals surface area contributed by atoms with Crippen LogP contribution in [0.5, 0.6) is 0 Å². The summed E-state index contributed by atoms with van der Waals surface area (Å²) in [4.78, 5) is 6.04. The number of nitrogens with zero attached hydrogens (tertiary/aromatic N) is 5. The molecule has 1 aliphatic rings. The highest BCUT2D eigenvalue weighted by Crippen LogP contribution is 2.18. The summed E-state index contributed by atoms with van der Waals surface area (Å²) in [5.74, 6) is 2.19. The monoisotopic (exact) mass is 291 g/mol. The molecule has 0 aliphatic carbocycles. The van der Waals surface area contributed by atoms with Gasteiger partial charge in [0.05, 0.1) is 13.1 Å². The van der Waals surface area contributed by atoms with Gasteiger partial charge in [0.15, 0.2) is 0 Å². The topological polar surface area (TPSA) is 37.2 Å². The molecule has 0 fully saturated rings. The van der Waals surface area contributed by atoms with Crippen molar-refractivity contribution in [3.8, 4) is 0 Å². The van der Waals surface area contributed by atoms with E-state index >= 15 is 0 Å². The van der Waals surface area contributed by atoms with E-state index in [2.05, 4.69) is 56.2 Å². The molecule has 2 aromatic rings. The van der Waals surface area contributed by atoms with Crippen LogP contribution in [0.15, 0.2) is 17.5 Å². The van der Waals surface area contributed by atoms with Crippen molar-refractivity contribution in [3.63, 3.8) is 0 Å². The van der Waals surface area contributed by atoms with Gasteiger partial charge in [0.2, 0.25) is 0 Å². The molecule has 2 aromatic heterocycles. The van der Waals surface area contributed by atoms with Gasteiger partial charge < -0.3 is 9.47 Å². The van der Waals surface area contributed by atoms with Crippen LogP contribution in [0, 0.1) is 0 Å². The van der Waals surface area contributed by atoms with Gasteiger partial charge in [0.1, 0.15) is 11.6 Å². The van der Waals surface area contributed by atoms with Crippen LogP contribution in [0.25, 0.3) is 0 Å². The molecular formula is C14H21N5S. The second-order valence-corrected chi connectivity index (χ2v) is 6.60. The predicted octanol–water partition coefficient (Wildman–Crippen LogP) is 1.81. The fourth-order valence-corrected chi connectivity index (χ4v) is 3.38. The van der Waals surface area contributed by atoms with Gasteiger partial charge in [-0.05, 0) is 32.0 Å². The lowest BCUT2D eigenvalue weighted by atomic mass is 10.3. The predicted molar refractivity (Wildman–Crippen MR) is 80.5 cm³/mol. The molecule has 1 aliphatic heterocycles. The van der Waals surface area contributed by atoms with Crippen LogP contribution >= 0.6 is 11.3 Å². The van der Waals surface area contributed by atoms with Crippen LogP contribution in [-0.2, 0) is 26.2 Å². The van der Waals surface area contributed by atoms with Crippen molar-refractivity contribution >= 4 is 11.3 Å². The normalized spacial score (nSPS) is 16.4. The molecule has 6 heteroatoms. The Morgan fingerprint density at radius 1 is 1.30 bits per heavy atom. The van der Waals surface area contributed by atoms with E-state index in [4.69, 9.17) is 0 Å². The molecule has 0 N–H and O–H groups in total. The Kier molecular flexibility index (Phi) is 4.14. The van der Waals surface area contributed by atoms with Crippen molar-refractivity contribution in [2.75, 3.05) is 20.6 Å². The van der Waals surface area contributed by atoms with E-state index in [1.165, 1.54) is 4.88 Å². The Bertz CT molecular complexity index is 546. The zero-order valence-corrected chi connectivity index (χ0v) is 12.9. The third-order valence-electron chi connectivity index (χ3n) is 3.54. The van der Waals surface area contributed by atoms with E-state index in [1.54, 1.807) is 0 Å². The zero-order valence-electron chi connectivity index (χ0n) is 12.1. The van der Waals surface area contributed by atoms with Gasteiger partial charge in [0.25, 0.3) is 0 Å². The van der Waals surface area contributed by atoms with Crippen molar-refractivity contribution in [1.29, 1.82) is 0 Å². The standard InChI is InChI=1S/C14H21N5S/c1-17(2)10-13-15-16-14-11-18(6-4-7-19(13)14)9-12-5-3-8-20-12/h3,5,8H,4,6-7,9-11H2,1-2H3.